The van der Waals surface area contributed by atoms with Crippen LogP contribution in [-0.4, -0.2) is 48.0 Å². The number of hydrogen-bond donors (Lipinski definition) is 0. The number of nitrogens with zero attached hydrogens (tertiary/aromatic N) is 4. The average molecular weight is 447 g/mol. The van der Waals surface area contributed by atoms with Crippen molar-refractivity contribution < 1.29 is 22.5 Å². The van der Waals surface area contributed by atoms with Crippen molar-refractivity contribution >= 4 is 21.6 Å². The van der Waals surface area contributed by atoms with E-state index in [2.05, 4.69) is 10.1 Å². The summed E-state index contributed by atoms with van der Waals surface area (Å²) in [6, 6.07) is 3.22. The van der Waals surface area contributed by atoms with Crippen LogP contribution in [0.2, 0.25) is 0 Å². The molecule has 0 N–H and O–H groups in total. The molecule has 1 saturated heterocycles. The van der Waals surface area contributed by atoms with Crippen molar-refractivity contribution in [2.45, 2.75) is 69.4 Å². The fourth-order valence-corrected chi connectivity index (χ4v) is 6.23. The quantitative estimate of drug-likeness (QED) is 0.695. The summed E-state index contributed by atoms with van der Waals surface area (Å²) in [6.07, 6.45) is 4.85. The van der Waals surface area contributed by atoms with E-state index in [9.17, 15) is 13.2 Å². The van der Waals surface area contributed by atoms with Crippen LogP contribution in [0.5, 0.6) is 5.75 Å². The third-order valence-electron chi connectivity index (χ3n) is 6.24. The Morgan fingerprint density at radius 2 is 2.00 bits per heavy atom. The van der Waals surface area contributed by atoms with E-state index in [0.717, 1.165) is 32.1 Å². The predicted octanol–water partition coefficient (Wildman–Crippen LogP) is 2.74. The van der Waals surface area contributed by atoms with Gasteiger partial charge in [0, 0.05) is 24.6 Å². The Hall–Kier alpha value is -2.46. The van der Waals surface area contributed by atoms with Crippen molar-refractivity contribution in [3.05, 3.63) is 29.4 Å². The first-order valence-corrected chi connectivity index (χ1v) is 12.2. The van der Waals surface area contributed by atoms with Gasteiger partial charge in [-0.05, 0) is 51.2 Å². The molecule has 1 aromatic carbocycles. The molecule has 1 atom stereocenters. The highest BCUT2D eigenvalue weighted by molar-refractivity contribution is 7.89. The summed E-state index contributed by atoms with van der Waals surface area (Å²) in [5, 5.41) is 4.00. The summed E-state index contributed by atoms with van der Waals surface area (Å²) in [6.45, 7) is 4.20. The van der Waals surface area contributed by atoms with Crippen molar-refractivity contribution in [1.29, 1.82) is 0 Å². The molecule has 2 aliphatic heterocycles. The zero-order valence-electron chi connectivity index (χ0n) is 17.7. The molecule has 2 aromatic rings. The van der Waals surface area contributed by atoms with E-state index in [4.69, 9.17) is 9.26 Å². The number of aryl methyl sites for hydroxylation is 1. The van der Waals surface area contributed by atoms with Crippen LogP contribution in [0.4, 0.5) is 5.69 Å². The highest BCUT2D eigenvalue weighted by atomic mass is 32.2. The lowest BCUT2D eigenvalue weighted by Crippen LogP contribution is -2.42. The van der Waals surface area contributed by atoms with Gasteiger partial charge in [0.2, 0.25) is 15.9 Å². The van der Waals surface area contributed by atoms with Crippen molar-refractivity contribution in [2.24, 2.45) is 0 Å². The van der Waals surface area contributed by atoms with E-state index in [-0.39, 0.29) is 30.0 Å². The Balaban J connectivity index is 1.47. The van der Waals surface area contributed by atoms with Gasteiger partial charge < -0.3 is 9.26 Å². The fraction of sp³-hybridized carbons (Fsp3) is 0.571. The average Bonchev–Trinajstić information content (AvgIpc) is 3.49. The van der Waals surface area contributed by atoms with E-state index in [1.807, 2.05) is 6.92 Å². The van der Waals surface area contributed by atoms with Gasteiger partial charge in [-0.3, -0.25) is 9.69 Å². The van der Waals surface area contributed by atoms with Crippen LogP contribution in [0, 0.1) is 6.92 Å². The molecule has 31 heavy (non-hydrogen) atoms. The number of piperidine rings is 1. The van der Waals surface area contributed by atoms with E-state index < -0.39 is 10.0 Å². The lowest BCUT2D eigenvalue weighted by atomic mass is 10.1. The maximum atomic E-state index is 13.4. The summed E-state index contributed by atoms with van der Waals surface area (Å²) in [5.41, 5.74) is 1.10. The van der Waals surface area contributed by atoms with Crippen LogP contribution < -0.4 is 9.64 Å². The molecule has 5 rings (SSSR count). The molecular formula is C21H26N4O5S. The van der Waals surface area contributed by atoms with Gasteiger partial charge in [-0.25, -0.2) is 8.42 Å². The molecule has 1 saturated carbocycles. The molecule has 0 radical (unpaired) electrons. The molecule has 10 heteroatoms. The summed E-state index contributed by atoms with van der Waals surface area (Å²) in [7, 11) is -3.65. The van der Waals surface area contributed by atoms with Crippen LogP contribution in [0.25, 0.3) is 0 Å². The number of amides is 1. The second-order valence-corrected chi connectivity index (χ2v) is 10.5. The van der Waals surface area contributed by atoms with Crippen LogP contribution >= 0.6 is 0 Å². The molecule has 166 valence electrons. The molecule has 0 spiro atoms. The third-order valence-corrected chi connectivity index (χ3v) is 8.39. The zero-order valence-corrected chi connectivity index (χ0v) is 18.5. The molecule has 9 nitrogen and oxygen atoms in total. The molecule has 2 fully saturated rings. The number of aromatic nitrogens is 2. The van der Waals surface area contributed by atoms with Crippen molar-refractivity contribution in [3.63, 3.8) is 0 Å². The lowest BCUT2D eigenvalue weighted by molar-refractivity contribution is -0.121. The molecule has 1 aromatic heterocycles. The van der Waals surface area contributed by atoms with Gasteiger partial charge in [0.05, 0.1) is 17.1 Å². The van der Waals surface area contributed by atoms with Crippen LogP contribution in [0.1, 0.15) is 62.2 Å². The van der Waals surface area contributed by atoms with E-state index in [1.165, 1.54) is 4.90 Å². The first-order valence-electron chi connectivity index (χ1n) is 10.8. The van der Waals surface area contributed by atoms with Crippen LogP contribution in [0.3, 0.4) is 0 Å². The zero-order chi connectivity index (χ0) is 21.8. The highest BCUT2D eigenvalue weighted by Crippen LogP contribution is 2.40. The third kappa shape index (κ3) is 3.71. The van der Waals surface area contributed by atoms with Gasteiger partial charge in [-0.2, -0.15) is 9.29 Å². The molecule has 0 unspecified atom stereocenters. The van der Waals surface area contributed by atoms with Crippen LogP contribution in [-0.2, 0) is 21.4 Å². The number of rotatable bonds is 5. The Morgan fingerprint density at radius 3 is 2.74 bits per heavy atom. The topological polar surface area (TPSA) is 106 Å². The molecule has 1 aliphatic carbocycles. The summed E-state index contributed by atoms with van der Waals surface area (Å²) in [5.74, 6) is 1.52. The second-order valence-electron chi connectivity index (χ2n) is 8.64. The largest absolute Gasteiger partial charge is 0.482 e. The van der Waals surface area contributed by atoms with Gasteiger partial charge in [0.15, 0.2) is 12.4 Å². The normalized spacial score (nSPS) is 22.3. The SMILES string of the molecule is Cc1cc2c(cc1S(=O)(=O)N1CCCC[C@@H]1C)OCC(=O)N2Cc1noc(C2CC2)n1. The van der Waals surface area contributed by atoms with Crippen molar-refractivity contribution in [3.8, 4) is 5.75 Å². The summed E-state index contributed by atoms with van der Waals surface area (Å²) >= 11 is 0. The van der Waals surface area contributed by atoms with Gasteiger partial charge in [-0.15, -0.1) is 0 Å². The Bertz CT molecular complexity index is 1120. The smallest absolute Gasteiger partial charge is 0.265 e. The molecule has 0 bridgehead atoms. The second kappa shape index (κ2) is 7.59. The predicted molar refractivity (Wildman–Crippen MR) is 111 cm³/mol. The summed E-state index contributed by atoms with van der Waals surface area (Å²) in [4.78, 5) is 18.8. The van der Waals surface area contributed by atoms with Crippen LogP contribution in [0.15, 0.2) is 21.6 Å². The maximum Gasteiger partial charge on any atom is 0.265 e. The summed E-state index contributed by atoms with van der Waals surface area (Å²) < 4.78 is 39.2. The number of sulfonamides is 1. The van der Waals surface area contributed by atoms with E-state index in [1.54, 1.807) is 23.4 Å². The van der Waals surface area contributed by atoms with Crippen molar-refractivity contribution in [1.82, 2.24) is 14.4 Å². The Labute approximate surface area is 181 Å². The number of fused-ring (bicyclic) bond motifs is 1. The fourth-order valence-electron chi connectivity index (χ4n) is 4.31. The monoisotopic (exact) mass is 446 g/mol. The number of benzene rings is 1. The minimum absolute atomic E-state index is 0.0351. The number of hydrogen-bond acceptors (Lipinski definition) is 7. The van der Waals surface area contributed by atoms with Gasteiger partial charge in [0.25, 0.3) is 5.91 Å². The Kier molecular flexibility index (Phi) is 5.01. The van der Waals surface area contributed by atoms with Gasteiger partial charge >= 0.3 is 0 Å². The number of ether oxygens (including phenoxy) is 1. The standard InChI is InChI=1S/C21H26N4O5S/c1-13-9-16-17(10-18(13)31(27,28)25-8-4-3-5-14(25)2)29-12-20(26)24(16)11-19-22-21(30-23-19)15-6-7-15/h9-10,14-15H,3-8,11-12H2,1-2H3/t14-/m0/s1. The van der Waals surface area contributed by atoms with Gasteiger partial charge in [0.1, 0.15) is 5.75 Å². The Morgan fingerprint density at radius 1 is 1.19 bits per heavy atom. The number of anilines is 1. The number of carbonyl (C=O) groups excluding carboxylic acids is 1. The maximum absolute atomic E-state index is 13.4. The van der Waals surface area contributed by atoms with Gasteiger partial charge in [-0.1, -0.05) is 11.6 Å². The van der Waals surface area contributed by atoms with E-state index >= 15 is 0 Å². The lowest BCUT2D eigenvalue weighted by Gasteiger charge is -2.34. The molecule has 3 heterocycles. The highest BCUT2D eigenvalue weighted by Gasteiger charge is 2.35. The molecule has 1 amide bonds. The minimum atomic E-state index is -3.65. The first kappa shape index (κ1) is 20.4. The van der Waals surface area contributed by atoms with E-state index in [0.29, 0.717) is 41.2 Å². The number of carbonyl (C=O) groups is 1. The first-order chi connectivity index (χ1) is 14.8. The molecular weight excluding hydrogens is 420 g/mol. The van der Waals surface area contributed by atoms with Crippen molar-refractivity contribution in [2.75, 3.05) is 18.1 Å². The minimum Gasteiger partial charge on any atom is -0.482 e. The molecule has 3 aliphatic rings.